The Morgan fingerprint density at radius 3 is 2.68 bits per heavy atom. The molecular formula is C15H31NO3. The molecule has 4 nitrogen and oxygen atoms in total. The first-order valence-electron chi connectivity index (χ1n) is 7.75. The van der Waals surface area contributed by atoms with Crippen molar-refractivity contribution in [3.05, 3.63) is 0 Å². The molecule has 114 valence electrons. The van der Waals surface area contributed by atoms with Gasteiger partial charge in [0.05, 0.1) is 12.7 Å². The van der Waals surface area contributed by atoms with Crippen molar-refractivity contribution >= 4 is 0 Å². The Hall–Kier alpha value is -0.160. The SMILES string of the molecule is CCCNC(C)(CO)CCCCOC1CCOCC1. The lowest BCUT2D eigenvalue weighted by atomic mass is 9.95. The van der Waals surface area contributed by atoms with Gasteiger partial charge in [-0.3, -0.25) is 0 Å². The van der Waals surface area contributed by atoms with E-state index in [1.807, 2.05) is 0 Å². The highest BCUT2D eigenvalue weighted by Crippen LogP contribution is 2.15. The van der Waals surface area contributed by atoms with E-state index < -0.39 is 0 Å². The molecule has 1 aliphatic rings. The van der Waals surface area contributed by atoms with Crippen LogP contribution < -0.4 is 5.32 Å². The normalized spacial score (nSPS) is 20.4. The van der Waals surface area contributed by atoms with E-state index in [-0.39, 0.29) is 12.1 Å². The van der Waals surface area contributed by atoms with Gasteiger partial charge in [0.2, 0.25) is 0 Å². The zero-order valence-corrected chi connectivity index (χ0v) is 12.6. The fourth-order valence-corrected chi connectivity index (χ4v) is 2.36. The zero-order chi connectivity index (χ0) is 14.0. The van der Waals surface area contributed by atoms with Crippen LogP contribution in [0.2, 0.25) is 0 Å². The van der Waals surface area contributed by atoms with Crippen LogP contribution in [0.3, 0.4) is 0 Å². The monoisotopic (exact) mass is 273 g/mol. The number of aliphatic hydroxyl groups excluding tert-OH is 1. The van der Waals surface area contributed by atoms with Crippen LogP contribution in [0.15, 0.2) is 0 Å². The third-order valence-corrected chi connectivity index (χ3v) is 3.80. The summed E-state index contributed by atoms with van der Waals surface area (Å²) in [5.74, 6) is 0. The van der Waals surface area contributed by atoms with Gasteiger partial charge in [-0.2, -0.15) is 0 Å². The van der Waals surface area contributed by atoms with Gasteiger partial charge >= 0.3 is 0 Å². The molecule has 1 saturated heterocycles. The van der Waals surface area contributed by atoms with Crippen molar-refractivity contribution in [3.63, 3.8) is 0 Å². The summed E-state index contributed by atoms with van der Waals surface area (Å²) in [7, 11) is 0. The van der Waals surface area contributed by atoms with Crippen LogP contribution in [0.5, 0.6) is 0 Å². The Morgan fingerprint density at radius 1 is 1.32 bits per heavy atom. The maximum atomic E-state index is 9.46. The molecule has 0 spiro atoms. The first-order chi connectivity index (χ1) is 9.20. The molecule has 0 aromatic rings. The minimum atomic E-state index is -0.130. The quantitative estimate of drug-likeness (QED) is 0.599. The Kier molecular flexibility index (Phi) is 8.62. The van der Waals surface area contributed by atoms with Crippen LogP contribution in [-0.4, -0.2) is 49.7 Å². The van der Waals surface area contributed by atoms with Gasteiger partial charge in [0.1, 0.15) is 0 Å². The van der Waals surface area contributed by atoms with Gasteiger partial charge in [-0.15, -0.1) is 0 Å². The smallest absolute Gasteiger partial charge is 0.0619 e. The number of rotatable bonds is 10. The first-order valence-corrected chi connectivity index (χ1v) is 7.75. The lowest BCUT2D eigenvalue weighted by Gasteiger charge is -2.29. The third-order valence-electron chi connectivity index (χ3n) is 3.80. The minimum absolute atomic E-state index is 0.130. The molecule has 0 aromatic heterocycles. The lowest BCUT2D eigenvalue weighted by molar-refractivity contribution is -0.0330. The molecule has 19 heavy (non-hydrogen) atoms. The maximum Gasteiger partial charge on any atom is 0.0619 e. The molecule has 1 rings (SSSR count). The lowest BCUT2D eigenvalue weighted by Crippen LogP contribution is -2.46. The first kappa shape index (κ1) is 16.9. The Balaban J connectivity index is 2.04. The van der Waals surface area contributed by atoms with Crippen molar-refractivity contribution in [2.45, 2.75) is 64.0 Å². The van der Waals surface area contributed by atoms with Gasteiger partial charge < -0.3 is 19.9 Å². The molecule has 1 atom stereocenters. The highest BCUT2D eigenvalue weighted by atomic mass is 16.5. The van der Waals surface area contributed by atoms with E-state index in [1.54, 1.807) is 0 Å². The van der Waals surface area contributed by atoms with Crippen LogP contribution in [0.25, 0.3) is 0 Å². The summed E-state index contributed by atoms with van der Waals surface area (Å²) < 4.78 is 11.2. The molecule has 0 saturated carbocycles. The second-order valence-electron chi connectivity index (χ2n) is 5.79. The molecule has 4 heteroatoms. The zero-order valence-electron chi connectivity index (χ0n) is 12.6. The van der Waals surface area contributed by atoms with Crippen LogP contribution in [0, 0.1) is 0 Å². The summed E-state index contributed by atoms with van der Waals surface area (Å²) in [4.78, 5) is 0. The van der Waals surface area contributed by atoms with Crippen LogP contribution >= 0.6 is 0 Å². The average Bonchev–Trinajstić information content (AvgIpc) is 2.46. The number of ether oxygens (including phenoxy) is 2. The van der Waals surface area contributed by atoms with E-state index in [0.29, 0.717) is 6.10 Å². The van der Waals surface area contributed by atoms with Crippen molar-refractivity contribution in [1.29, 1.82) is 0 Å². The van der Waals surface area contributed by atoms with Crippen molar-refractivity contribution < 1.29 is 14.6 Å². The fourth-order valence-electron chi connectivity index (χ4n) is 2.36. The van der Waals surface area contributed by atoms with Crippen LogP contribution in [-0.2, 0) is 9.47 Å². The van der Waals surface area contributed by atoms with Gasteiger partial charge in [-0.1, -0.05) is 6.92 Å². The average molecular weight is 273 g/mol. The van der Waals surface area contributed by atoms with E-state index in [4.69, 9.17) is 9.47 Å². The second kappa shape index (κ2) is 9.70. The number of hydrogen-bond donors (Lipinski definition) is 2. The summed E-state index contributed by atoms with van der Waals surface area (Å²) in [5.41, 5.74) is -0.130. The molecule has 1 unspecified atom stereocenters. The van der Waals surface area contributed by atoms with E-state index in [9.17, 15) is 5.11 Å². The van der Waals surface area contributed by atoms with Crippen molar-refractivity contribution in [1.82, 2.24) is 5.32 Å². The third kappa shape index (κ3) is 7.25. The van der Waals surface area contributed by atoms with E-state index in [2.05, 4.69) is 19.2 Å². The number of nitrogens with one attached hydrogen (secondary N) is 1. The largest absolute Gasteiger partial charge is 0.394 e. The summed E-state index contributed by atoms with van der Waals surface area (Å²) in [6.07, 6.45) is 6.73. The predicted octanol–water partition coefficient (Wildman–Crippen LogP) is 2.10. The summed E-state index contributed by atoms with van der Waals surface area (Å²) in [6.45, 7) is 7.93. The Morgan fingerprint density at radius 2 is 2.05 bits per heavy atom. The summed E-state index contributed by atoms with van der Waals surface area (Å²) in [6, 6.07) is 0. The number of hydrogen-bond acceptors (Lipinski definition) is 4. The molecule has 0 radical (unpaired) electrons. The van der Waals surface area contributed by atoms with Crippen molar-refractivity contribution in [2.75, 3.05) is 33.0 Å². The van der Waals surface area contributed by atoms with E-state index >= 15 is 0 Å². The van der Waals surface area contributed by atoms with Crippen molar-refractivity contribution in [3.8, 4) is 0 Å². The summed E-state index contributed by atoms with van der Waals surface area (Å²) >= 11 is 0. The van der Waals surface area contributed by atoms with Crippen LogP contribution in [0.1, 0.15) is 52.4 Å². The van der Waals surface area contributed by atoms with E-state index in [1.165, 1.54) is 0 Å². The number of unbranched alkanes of at least 4 members (excludes halogenated alkanes) is 1. The molecule has 0 bridgehead atoms. The molecule has 2 N–H and O–H groups in total. The van der Waals surface area contributed by atoms with Crippen LogP contribution in [0.4, 0.5) is 0 Å². The standard InChI is InChI=1S/C15H31NO3/c1-3-9-16-15(2,13-17)8-4-5-10-19-14-6-11-18-12-7-14/h14,16-17H,3-13H2,1-2H3. The summed E-state index contributed by atoms with van der Waals surface area (Å²) in [5, 5.41) is 12.9. The van der Waals surface area contributed by atoms with Gasteiger partial charge in [-0.25, -0.2) is 0 Å². The van der Waals surface area contributed by atoms with Crippen molar-refractivity contribution in [2.24, 2.45) is 0 Å². The second-order valence-corrected chi connectivity index (χ2v) is 5.79. The molecule has 1 fully saturated rings. The molecular weight excluding hydrogens is 242 g/mol. The Bertz CT molecular complexity index is 219. The highest BCUT2D eigenvalue weighted by Gasteiger charge is 2.21. The molecule has 1 heterocycles. The van der Waals surface area contributed by atoms with Gasteiger partial charge in [0.15, 0.2) is 0 Å². The molecule has 1 aliphatic heterocycles. The number of aliphatic hydroxyl groups is 1. The van der Waals surface area contributed by atoms with Gasteiger partial charge in [0.25, 0.3) is 0 Å². The Labute approximate surface area is 117 Å². The van der Waals surface area contributed by atoms with Gasteiger partial charge in [-0.05, 0) is 52.0 Å². The molecule has 0 amide bonds. The fraction of sp³-hybridized carbons (Fsp3) is 1.00. The molecule has 0 aliphatic carbocycles. The highest BCUT2D eigenvalue weighted by molar-refractivity contribution is 4.81. The van der Waals surface area contributed by atoms with E-state index in [0.717, 1.165) is 64.9 Å². The van der Waals surface area contributed by atoms with Gasteiger partial charge in [0, 0.05) is 25.4 Å². The topological polar surface area (TPSA) is 50.7 Å². The molecule has 0 aromatic carbocycles. The minimum Gasteiger partial charge on any atom is -0.394 e. The maximum absolute atomic E-state index is 9.46. The predicted molar refractivity (Wildman–Crippen MR) is 77.4 cm³/mol.